The van der Waals surface area contributed by atoms with Crippen LogP contribution in [0.1, 0.15) is 53.4 Å². The molecule has 2 nitrogen and oxygen atoms in total. The first-order chi connectivity index (χ1) is 7.74. The van der Waals surface area contributed by atoms with Crippen molar-refractivity contribution in [3.63, 3.8) is 0 Å². The molecule has 4 atom stereocenters. The van der Waals surface area contributed by atoms with Crippen molar-refractivity contribution in [2.75, 3.05) is 0 Å². The van der Waals surface area contributed by atoms with Crippen LogP contribution in [0.5, 0.6) is 0 Å². The van der Waals surface area contributed by atoms with Gasteiger partial charge in [-0.15, -0.1) is 0 Å². The van der Waals surface area contributed by atoms with E-state index in [-0.39, 0.29) is 15.8 Å². The number of fused-ring (bicyclic) bond motifs is 1. The van der Waals surface area contributed by atoms with E-state index in [1.165, 1.54) is 0 Å². The molecule has 0 saturated heterocycles. The van der Waals surface area contributed by atoms with Crippen LogP contribution in [0, 0.1) is 11.3 Å². The summed E-state index contributed by atoms with van der Waals surface area (Å²) in [6, 6.07) is 0. The van der Waals surface area contributed by atoms with Crippen LogP contribution in [0.4, 0.5) is 0 Å². The molecule has 98 valence electrons. The fourth-order valence-electron chi connectivity index (χ4n) is 3.43. The Morgan fingerprint density at radius 1 is 1.35 bits per heavy atom. The Kier molecular flexibility index (Phi) is 3.46. The van der Waals surface area contributed by atoms with Gasteiger partial charge in [0.2, 0.25) is 0 Å². The minimum absolute atomic E-state index is 0.0508. The lowest BCUT2D eigenvalue weighted by Crippen LogP contribution is -2.46. The highest BCUT2D eigenvalue weighted by Crippen LogP contribution is 2.54. The highest BCUT2D eigenvalue weighted by molar-refractivity contribution is 9.10. The van der Waals surface area contributed by atoms with Crippen molar-refractivity contribution in [1.29, 1.82) is 0 Å². The molecule has 0 aliphatic heterocycles. The molecule has 0 aromatic carbocycles. The number of ether oxygens (including phenoxy) is 1. The SMILES string of the molecule is CC(C)(C)O[C@H]1CC[C@H]2[C@H](Br)C(=O)CC[C@]12C. The molecule has 0 spiro atoms. The molecule has 0 unspecified atom stereocenters. The molecule has 0 aromatic rings. The number of carbonyl (C=O) groups is 1. The van der Waals surface area contributed by atoms with Gasteiger partial charge in [-0.05, 0) is 51.4 Å². The third-order valence-corrected chi connectivity index (χ3v) is 5.54. The minimum Gasteiger partial charge on any atom is -0.372 e. The van der Waals surface area contributed by atoms with E-state index in [2.05, 4.69) is 43.6 Å². The van der Waals surface area contributed by atoms with Crippen molar-refractivity contribution in [1.82, 2.24) is 0 Å². The fourth-order valence-corrected chi connectivity index (χ4v) is 4.53. The fraction of sp³-hybridized carbons (Fsp3) is 0.929. The molecule has 0 radical (unpaired) electrons. The predicted molar refractivity (Wildman–Crippen MR) is 72.4 cm³/mol. The lowest BCUT2D eigenvalue weighted by Gasteiger charge is -2.44. The quantitative estimate of drug-likeness (QED) is 0.690. The molecule has 17 heavy (non-hydrogen) atoms. The third kappa shape index (κ3) is 2.46. The van der Waals surface area contributed by atoms with E-state index in [0.29, 0.717) is 24.2 Å². The normalized spacial score (nSPS) is 42.6. The van der Waals surface area contributed by atoms with Gasteiger partial charge in [0.1, 0.15) is 5.78 Å². The van der Waals surface area contributed by atoms with E-state index in [1.54, 1.807) is 0 Å². The summed E-state index contributed by atoms with van der Waals surface area (Å²) < 4.78 is 6.22. The largest absolute Gasteiger partial charge is 0.372 e. The maximum Gasteiger partial charge on any atom is 0.146 e. The number of halogens is 1. The molecule has 0 amide bonds. The van der Waals surface area contributed by atoms with Gasteiger partial charge in [0.25, 0.3) is 0 Å². The van der Waals surface area contributed by atoms with E-state index in [0.717, 1.165) is 19.3 Å². The van der Waals surface area contributed by atoms with Crippen molar-refractivity contribution in [2.45, 2.75) is 69.9 Å². The number of hydrogen-bond acceptors (Lipinski definition) is 2. The van der Waals surface area contributed by atoms with Crippen LogP contribution in [-0.2, 0) is 9.53 Å². The van der Waals surface area contributed by atoms with Crippen molar-refractivity contribution in [3.8, 4) is 0 Å². The van der Waals surface area contributed by atoms with Gasteiger partial charge in [0, 0.05) is 6.42 Å². The van der Waals surface area contributed by atoms with Crippen molar-refractivity contribution >= 4 is 21.7 Å². The molecule has 2 saturated carbocycles. The Hall–Kier alpha value is 0.110. The zero-order chi connectivity index (χ0) is 12.8. The number of carbonyl (C=O) groups excluding carboxylic acids is 1. The van der Waals surface area contributed by atoms with Gasteiger partial charge in [-0.2, -0.15) is 0 Å². The van der Waals surface area contributed by atoms with E-state index in [9.17, 15) is 4.79 Å². The van der Waals surface area contributed by atoms with Crippen LogP contribution in [0.3, 0.4) is 0 Å². The van der Waals surface area contributed by atoms with E-state index in [4.69, 9.17) is 4.74 Å². The number of ketones is 1. The molecule has 2 aliphatic rings. The van der Waals surface area contributed by atoms with Gasteiger partial charge in [0.15, 0.2) is 0 Å². The number of rotatable bonds is 1. The molecule has 3 heteroatoms. The smallest absolute Gasteiger partial charge is 0.146 e. The maximum atomic E-state index is 11.8. The minimum atomic E-state index is -0.0914. The first kappa shape index (κ1) is 13.5. The summed E-state index contributed by atoms with van der Waals surface area (Å²) >= 11 is 3.60. The second-order valence-corrected chi connectivity index (χ2v) is 7.76. The van der Waals surface area contributed by atoms with Crippen LogP contribution < -0.4 is 0 Å². The molecule has 2 fully saturated rings. The summed E-state index contributed by atoms with van der Waals surface area (Å²) in [6.45, 7) is 8.65. The summed E-state index contributed by atoms with van der Waals surface area (Å²) in [6.07, 6.45) is 4.19. The first-order valence-corrected chi connectivity index (χ1v) is 7.50. The monoisotopic (exact) mass is 302 g/mol. The summed E-state index contributed by atoms with van der Waals surface area (Å²) in [7, 11) is 0. The lowest BCUT2D eigenvalue weighted by molar-refractivity contribution is -0.133. The van der Waals surface area contributed by atoms with Crippen molar-refractivity contribution in [2.24, 2.45) is 11.3 Å². The van der Waals surface area contributed by atoms with E-state index in [1.807, 2.05) is 0 Å². The van der Waals surface area contributed by atoms with E-state index < -0.39 is 0 Å². The molecule has 2 aliphatic carbocycles. The molecule has 0 aromatic heterocycles. The zero-order valence-corrected chi connectivity index (χ0v) is 12.8. The maximum absolute atomic E-state index is 11.8. The van der Waals surface area contributed by atoms with Crippen LogP contribution in [-0.4, -0.2) is 22.3 Å². The average Bonchev–Trinajstić information content (AvgIpc) is 2.50. The molecule has 0 heterocycles. The average molecular weight is 303 g/mol. The molecular formula is C14H23BrO2. The topological polar surface area (TPSA) is 26.3 Å². The Labute approximate surface area is 113 Å². The number of hydrogen-bond donors (Lipinski definition) is 0. The van der Waals surface area contributed by atoms with Crippen LogP contribution in [0.25, 0.3) is 0 Å². The van der Waals surface area contributed by atoms with Crippen molar-refractivity contribution in [3.05, 3.63) is 0 Å². The van der Waals surface area contributed by atoms with Gasteiger partial charge in [-0.3, -0.25) is 4.79 Å². The van der Waals surface area contributed by atoms with Gasteiger partial charge in [-0.1, -0.05) is 22.9 Å². The second-order valence-electron chi connectivity index (χ2n) is 6.78. The zero-order valence-electron chi connectivity index (χ0n) is 11.3. The van der Waals surface area contributed by atoms with Gasteiger partial charge in [0.05, 0.1) is 16.5 Å². The van der Waals surface area contributed by atoms with Gasteiger partial charge < -0.3 is 4.74 Å². The second kappa shape index (κ2) is 4.34. The Morgan fingerprint density at radius 3 is 2.59 bits per heavy atom. The molecule has 0 N–H and O–H groups in total. The Morgan fingerprint density at radius 2 is 2.00 bits per heavy atom. The number of alkyl halides is 1. The molecule has 2 rings (SSSR count). The van der Waals surface area contributed by atoms with Crippen LogP contribution in [0.15, 0.2) is 0 Å². The molecule has 0 bridgehead atoms. The first-order valence-electron chi connectivity index (χ1n) is 6.59. The highest BCUT2D eigenvalue weighted by atomic mass is 79.9. The lowest BCUT2D eigenvalue weighted by atomic mass is 9.68. The third-order valence-electron chi connectivity index (χ3n) is 4.39. The van der Waals surface area contributed by atoms with Gasteiger partial charge in [-0.25, -0.2) is 0 Å². The van der Waals surface area contributed by atoms with Crippen LogP contribution in [0.2, 0.25) is 0 Å². The van der Waals surface area contributed by atoms with E-state index >= 15 is 0 Å². The molecular weight excluding hydrogens is 280 g/mol. The van der Waals surface area contributed by atoms with Crippen LogP contribution >= 0.6 is 15.9 Å². The highest BCUT2D eigenvalue weighted by Gasteiger charge is 2.54. The predicted octanol–water partition coefficient (Wildman–Crippen LogP) is 3.71. The summed E-state index contributed by atoms with van der Waals surface area (Å²) in [4.78, 5) is 11.8. The van der Waals surface area contributed by atoms with Crippen molar-refractivity contribution < 1.29 is 9.53 Å². The number of Topliss-reactive ketones (excluding diaryl/α,β-unsaturated/α-hetero) is 1. The standard InChI is InChI=1S/C14H23BrO2/c1-13(2,3)17-11-6-5-9-12(15)10(16)7-8-14(9,11)4/h9,11-12H,5-8H2,1-4H3/t9-,11-,12-,14-/m0/s1. The summed E-state index contributed by atoms with van der Waals surface area (Å²) in [5, 5.41) is 0. The summed E-state index contributed by atoms with van der Waals surface area (Å²) in [5.41, 5.74) is 0.0845. The summed E-state index contributed by atoms with van der Waals surface area (Å²) in [5.74, 6) is 0.833. The Bertz CT molecular complexity index is 321. The van der Waals surface area contributed by atoms with Gasteiger partial charge >= 0.3 is 0 Å². The Balaban J connectivity index is 2.17.